The third kappa shape index (κ3) is 4.86. The van der Waals surface area contributed by atoms with E-state index in [4.69, 9.17) is 5.26 Å². The van der Waals surface area contributed by atoms with Crippen molar-refractivity contribution < 1.29 is 8.42 Å². The van der Waals surface area contributed by atoms with Crippen molar-refractivity contribution in [2.24, 2.45) is 0 Å². The summed E-state index contributed by atoms with van der Waals surface area (Å²) in [6.07, 6.45) is 0. The number of rotatable bonds is 6. The van der Waals surface area contributed by atoms with Gasteiger partial charge in [-0.15, -0.1) is 0 Å². The molecule has 1 aromatic carbocycles. The Bertz CT molecular complexity index is 515. The van der Waals surface area contributed by atoms with Crippen molar-refractivity contribution in [3.05, 3.63) is 35.4 Å². The van der Waals surface area contributed by atoms with Crippen molar-refractivity contribution in [1.29, 1.82) is 5.26 Å². The zero-order chi connectivity index (χ0) is 13.6. The average molecular weight is 266 g/mol. The van der Waals surface area contributed by atoms with E-state index >= 15 is 0 Å². The molecule has 0 aromatic heterocycles. The lowest BCUT2D eigenvalue weighted by atomic mass is 10.1. The van der Waals surface area contributed by atoms with Gasteiger partial charge in [-0.25, -0.2) is 8.42 Å². The molecule has 5 heteroatoms. The molecule has 0 amide bonds. The van der Waals surface area contributed by atoms with Crippen LogP contribution in [0.25, 0.3) is 0 Å². The molecule has 0 heterocycles. The van der Waals surface area contributed by atoms with Gasteiger partial charge in [0.15, 0.2) is 9.84 Å². The molecule has 98 valence electrons. The predicted molar refractivity (Wildman–Crippen MR) is 71.8 cm³/mol. The first-order chi connectivity index (χ1) is 8.46. The van der Waals surface area contributed by atoms with E-state index in [9.17, 15) is 8.42 Å². The molecule has 0 radical (unpaired) electrons. The van der Waals surface area contributed by atoms with Crippen LogP contribution in [0.5, 0.6) is 0 Å². The summed E-state index contributed by atoms with van der Waals surface area (Å²) in [5.41, 5.74) is 1.66. The van der Waals surface area contributed by atoms with Gasteiger partial charge in [0.05, 0.1) is 17.4 Å². The highest BCUT2D eigenvalue weighted by atomic mass is 32.2. The van der Waals surface area contributed by atoms with Gasteiger partial charge in [-0.1, -0.05) is 19.1 Å². The summed E-state index contributed by atoms with van der Waals surface area (Å²) in [6, 6.07) is 9.22. The summed E-state index contributed by atoms with van der Waals surface area (Å²) >= 11 is 0. The first-order valence-corrected chi connectivity index (χ1v) is 7.72. The fourth-order valence-electron chi connectivity index (χ4n) is 1.55. The van der Waals surface area contributed by atoms with Crippen molar-refractivity contribution in [1.82, 2.24) is 5.32 Å². The minimum absolute atomic E-state index is 0.0782. The highest BCUT2D eigenvalue weighted by Gasteiger charge is 2.12. The maximum atomic E-state index is 11.4. The molecule has 0 aliphatic heterocycles. The van der Waals surface area contributed by atoms with E-state index in [1.165, 1.54) is 0 Å². The van der Waals surface area contributed by atoms with Crippen molar-refractivity contribution in [3.8, 4) is 6.07 Å². The van der Waals surface area contributed by atoms with Gasteiger partial charge in [-0.05, 0) is 24.6 Å². The Labute approximate surface area is 109 Å². The third-order valence-electron chi connectivity index (χ3n) is 2.68. The van der Waals surface area contributed by atoms with Gasteiger partial charge in [0.2, 0.25) is 0 Å². The average Bonchev–Trinajstić information content (AvgIpc) is 2.36. The standard InChI is InChI=1S/C13H18N2O2S/c1-3-18(16,17)10-11(2)15-9-13-6-4-12(8-14)5-7-13/h4-7,11,15H,3,9-10H2,1-2H3. The van der Waals surface area contributed by atoms with Gasteiger partial charge < -0.3 is 5.32 Å². The van der Waals surface area contributed by atoms with Crippen LogP contribution in [0.4, 0.5) is 0 Å². The van der Waals surface area contributed by atoms with Crippen molar-refractivity contribution >= 4 is 9.84 Å². The Morgan fingerprint density at radius 2 is 1.94 bits per heavy atom. The quantitative estimate of drug-likeness (QED) is 0.846. The maximum Gasteiger partial charge on any atom is 0.151 e. The summed E-state index contributed by atoms with van der Waals surface area (Å²) in [7, 11) is -2.94. The molecule has 1 atom stereocenters. The zero-order valence-corrected chi connectivity index (χ0v) is 11.5. The molecule has 18 heavy (non-hydrogen) atoms. The molecule has 0 aliphatic rings. The molecule has 1 rings (SSSR count). The summed E-state index contributed by atoms with van der Waals surface area (Å²) in [6.45, 7) is 4.12. The number of hydrogen-bond acceptors (Lipinski definition) is 4. The Kier molecular flexibility index (Phi) is 5.32. The molecule has 0 saturated heterocycles. The Balaban J connectivity index is 2.47. The second kappa shape index (κ2) is 6.53. The summed E-state index contributed by atoms with van der Waals surface area (Å²) in [4.78, 5) is 0. The van der Waals surface area contributed by atoms with Gasteiger partial charge in [0.25, 0.3) is 0 Å². The van der Waals surface area contributed by atoms with Crippen LogP contribution in [0.15, 0.2) is 24.3 Å². The van der Waals surface area contributed by atoms with Crippen LogP contribution in [-0.2, 0) is 16.4 Å². The lowest BCUT2D eigenvalue weighted by Crippen LogP contribution is -2.33. The first-order valence-electron chi connectivity index (χ1n) is 5.89. The van der Waals surface area contributed by atoms with Crippen molar-refractivity contribution in [3.63, 3.8) is 0 Å². The highest BCUT2D eigenvalue weighted by Crippen LogP contribution is 2.04. The van der Waals surface area contributed by atoms with E-state index in [1.54, 1.807) is 19.1 Å². The van der Waals surface area contributed by atoms with Gasteiger partial charge in [-0.3, -0.25) is 0 Å². The zero-order valence-electron chi connectivity index (χ0n) is 10.7. The fraction of sp³-hybridized carbons (Fsp3) is 0.462. The minimum Gasteiger partial charge on any atom is -0.309 e. The molecular formula is C13H18N2O2S. The van der Waals surface area contributed by atoms with Crippen LogP contribution in [-0.4, -0.2) is 26.0 Å². The minimum atomic E-state index is -2.94. The molecule has 1 N–H and O–H groups in total. The van der Waals surface area contributed by atoms with E-state index in [1.807, 2.05) is 19.1 Å². The second-order valence-corrected chi connectivity index (χ2v) is 6.69. The van der Waals surface area contributed by atoms with Crippen LogP contribution < -0.4 is 5.32 Å². The van der Waals surface area contributed by atoms with Crippen LogP contribution >= 0.6 is 0 Å². The predicted octanol–water partition coefficient (Wildman–Crippen LogP) is 1.47. The number of benzene rings is 1. The number of nitrogens with one attached hydrogen (secondary N) is 1. The molecule has 0 bridgehead atoms. The third-order valence-corrected chi connectivity index (χ3v) is 4.57. The number of sulfone groups is 1. The maximum absolute atomic E-state index is 11.4. The molecule has 1 unspecified atom stereocenters. The lowest BCUT2D eigenvalue weighted by molar-refractivity contribution is 0.557. The summed E-state index contributed by atoms with van der Waals surface area (Å²) < 4.78 is 22.9. The van der Waals surface area contributed by atoms with Crippen molar-refractivity contribution in [2.45, 2.75) is 26.4 Å². The number of nitrogens with zero attached hydrogens (tertiary/aromatic N) is 1. The smallest absolute Gasteiger partial charge is 0.151 e. The van der Waals surface area contributed by atoms with Gasteiger partial charge in [-0.2, -0.15) is 5.26 Å². The molecular weight excluding hydrogens is 248 g/mol. The molecule has 0 spiro atoms. The van der Waals surface area contributed by atoms with Gasteiger partial charge >= 0.3 is 0 Å². The molecule has 0 aliphatic carbocycles. The number of hydrogen-bond donors (Lipinski definition) is 1. The summed E-state index contributed by atoms with van der Waals surface area (Å²) in [5, 5.41) is 11.8. The largest absolute Gasteiger partial charge is 0.309 e. The van der Waals surface area contributed by atoms with E-state index < -0.39 is 9.84 Å². The van der Waals surface area contributed by atoms with Gasteiger partial charge in [0.1, 0.15) is 0 Å². The molecule has 0 saturated carbocycles. The van der Waals surface area contributed by atoms with E-state index in [-0.39, 0.29) is 17.5 Å². The first kappa shape index (κ1) is 14.7. The van der Waals surface area contributed by atoms with Gasteiger partial charge in [0, 0.05) is 18.3 Å². The molecule has 1 aromatic rings. The highest BCUT2D eigenvalue weighted by molar-refractivity contribution is 7.91. The Hall–Kier alpha value is -1.38. The van der Waals surface area contributed by atoms with E-state index in [2.05, 4.69) is 11.4 Å². The van der Waals surface area contributed by atoms with Crippen LogP contribution in [0.3, 0.4) is 0 Å². The molecule has 4 nitrogen and oxygen atoms in total. The van der Waals surface area contributed by atoms with E-state index in [0.29, 0.717) is 12.1 Å². The normalized spacial score (nSPS) is 12.9. The van der Waals surface area contributed by atoms with E-state index in [0.717, 1.165) is 5.56 Å². The monoisotopic (exact) mass is 266 g/mol. The summed E-state index contributed by atoms with van der Waals surface area (Å²) in [5.74, 6) is 0.329. The molecule has 0 fully saturated rings. The fourth-order valence-corrected chi connectivity index (χ4v) is 2.66. The van der Waals surface area contributed by atoms with Crippen LogP contribution in [0.2, 0.25) is 0 Å². The lowest BCUT2D eigenvalue weighted by Gasteiger charge is -2.13. The topological polar surface area (TPSA) is 70.0 Å². The second-order valence-electron chi connectivity index (χ2n) is 4.29. The van der Waals surface area contributed by atoms with Crippen LogP contribution in [0, 0.1) is 11.3 Å². The number of nitriles is 1. The SMILES string of the molecule is CCS(=O)(=O)CC(C)NCc1ccc(C#N)cc1. The van der Waals surface area contributed by atoms with Crippen LogP contribution in [0.1, 0.15) is 25.0 Å². The Morgan fingerprint density at radius 1 is 1.33 bits per heavy atom. The Morgan fingerprint density at radius 3 is 2.44 bits per heavy atom. The van der Waals surface area contributed by atoms with Crippen molar-refractivity contribution in [2.75, 3.05) is 11.5 Å².